The van der Waals surface area contributed by atoms with Gasteiger partial charge < -0.3 is 10.2 Å². The van der Waals surface area contributed by atoms with Crippen LogP contribution in [0.4, 0.5) is 20.2 Å². The molecule has 2 rings (SSSR count). The molecular weight excluding hydrogens is 256 g/mol. The molecule has 7 heteroatoms. The number of rotatable bonds is 2. The molecule has 1 heterocycles. The fraction of sp³-hybridized carbons (Fsp3) is 0.500. The summed E-state index contributed by atoms with van der Waals surface area (Å²) in [6.07, 6.45) is 0. The van der Waals surface area contributed by atoms with Crippen molar-refractivity contribution in [3.63, 3.8) is 0 Å². The van der Waals surface area contributed by atoms with E-state index in [2.05, 4.69) is 5.32 Å². The van der Waals surface area contributed by atoms with Crippen LogP contribution in [-0.2, 0) is 0 Å². The van der Waals surface area contributed by atoms with E-state index in [9.17, 15) is 18.9 Å². The highest BCUT2D eigenvalue weighted by molar-refractivity contribution is 5.65. The van der Waals surface area contributed by atoms with E-state index >= 15 is 0 Å². The second kappa shape index (κ2) is 5.08. The summed E-state index contributed by atoms with van der Waals surface area (Å²) in [5.41, 5.74) is -0.661. The average molecular weight is 271 g/mol. The van der Waals surface area contributed by atoms with Gasteiger partial charge in [-0.3, -0.25) is 10.1 Å². The number of nitrogens with zero attached hydrogens (tertiary/aromatic N) is 2. The highest BCUT2D eigenvalue weighted by atomic mass is 19.2. The number of anilines is 1. The van der Waals surface area contributed by atoms with E-state index in [1.807, 2.05) is 13.8 Å². The zero-order chi connectivity index (χ0) is 14.2. The fourth-order valence-corrected chi connectivity index (χ4v) is 2.28. The maximum Gasteiger partial charge on any atom is 0.295 e. The van der Waals surface area contributed by atoms with Crippen molar-refractivity contribution in [3.8, 4) is 0 Å². The quantitative estimate of drug-likeness (QED) is 0.660. The van der Waals surface area contributed by atoms with Crippen LogP contribution in [0.25, 0.3) is 0 Å². The third kappa shape index (κ3) is 2.51. The van der Waals surface area contributed by atoms with Crippen LogP contribution in [-0.4, -0.2) is 30.1 Å². The molecular formula is C12H15F2N3O2. The minimum Gasteiger partial charge on any atom is -0.358 e. The minimum atomic E-state index is -1.16. The first kappa shape index (κ1) is 13.7. The molecule has 0 spiro atoms. The Morgan fingerprint density at radius 2 is 2.11 bits per heavy atom. The Hall–Kier alpha value is -1.76. The molecule has 19 heavy (non-hydrogen) atoms. The lowest BCUT2D eigenvalue weighted by Gasteiger charge is -2.38. The van der Waals surface area contributed by atoms with Crippen LogP contribution in [0.15, 0.2) is 12.1 Å². The fourth-order valence-electron chi connectivity index (χ4n) is 2.28. The van der Waals surface area contributed by atoms with Crippen molar-refractivity contribution in [3.05, 3.63) is 33.9 Å². The molecule has 1 aliphatic heterocycles. The first-order valence-electron chi connectivity index (χ1n) is 6.04. The largest absolute Gasteiger partial charge is 0.358 e. The van der Waals surface area contributed by atoms with Gasteiger partial charge in [-0.1, -0.05) is 0 Å². The summed E-state index contributed by atoms with van der Waals surface area (Å²) in [7, 11) is 0. The first-order chi connectivity index (χ1) is 8.91. The van der Waals surface area contributed by atoms with Crippen molar-refractivity contribution in [2.24, 2.45) is 0 Å². The Bertz CT molecular complexity index is 510. The molecule has 1 aliphatic rings. The van der Waals surface area contributed by atoms with E-state index in [0.29, 0.717) is 13.1 Å². The molecule has 0 radical (unpaired) electrons. The van der Waals surface area contributed by atoms with Gasteiger partial charge in [-0.05, 0) is 19.9 Å². The van der Waals surface area contributed by atoms with Crippen molar-refractivity contribution in [1.82, 2.24) is 5.32 Å². The second-order valence-electron chi connectivity index (χ2n) is 4.80. The number of hydrogen-bond acceptors (Lipinski definition) is 4. The maximum atomic E-state index is 14.0. The lowest BCUT2D eigenvalue weighted by molar-refractivity contribution is -0.384. The Labute approximate surface area is 109 Å². The lowest BCUT2D eigenvalue weighted by Crippen LogP contribution is -2.54. The van der Waals surface area contributed by atoms with Crippen LogP contribution < -0.4 is 10.2 Å². The van der Waals surface area contributed by atoms with Crippen molar-refractivity contribution >= 4 is 11.4 Å². The second-order valence-corrected chi connectivity index (χ2v) is 4.80. The molecule has 1 aromatic carbocycles. The number of nitro benzene ring substituents is 1. The van der Waals surface area contributed by atoms with Crippen molar-refractivity contribution in [2.45, 2.75) is 25.9 Å². The van der Waals surface area contributed by atoms with Gasteiger partial charge in [-0.15, -0.1) is 0 Å². The predicted molar refractivity (Wildman–Crippen MR) is 67.3 cm³/mol. The SMILES string of the molecule is CC1CN(c2c([N+](=O)[O-])ccc(F)c2F)C(C)CN1. The maximum absolute atomic E-state index is 14.0. The molecule has 1 N–H and O–H groups in total. The highest BCUT2D eigenvalue weighted by Gasteiger charge is 2.32. The van der Waals surface area contributed by atoms with Gasteiger partial charge in [0.25, 0.3) is 5.69 Å². The van der Waals surface area contributed by atoms with Crippen LogP contribution in [0.1, 0.15) is 13.8 Å². The van der Waals surface area contributed by atoms with E-state index in [4.69, 9.17) is 0 Å². The summed E-state index contributed by atoms with van der Waals surface area (Å²) in [6, 6.07) is 1.70. The van der Waals surface area contributed by atoms with Gasteiger partial charge in [0.2, 0.25) is 0 Å². The molecule has 0 bridgehead atoms. The molecule has 0 aliphatic carbocycles. The van der Waals surface area contributed by atoms with Gasteiger partial charge in [0.1, 0.15) is 0 Å². The van der Waals surface area contributed by atoms with Gasteiger partial charge >= 0.3 is 0 Å². The topological polar surface area (TPSA) is 58.4 Å². The summed E-state index contributed by atoms with van der Waals surface area (Å²) in [5.74, 6) is -2.23. The number of halogens is 2. The predicted octanol–water partition coefficient (Wildman–Crippen LogP) is 2.06. The number of benzene rings is 1. The van der Waals surface area contributed by atoms with E-state index in [1.54, 1.807) is 4.90 Å². The minimum absolute atomic E-state index is 0.0541. The van der Waals surface area contributed by atoms with E-state index in [-0.39, 0.29) is 17.8 Å². The normalized spacial score (nSPS) is 23.5. The standard InChI is InChI=1S/C12H15F2N3O2/c1-7-6-16(8(2)5-15-7)12-10(17(18)19)4-3-9(13)11(12)14/h3-4,7-8,15H,5-6H2,1-2H3. The van der Waals surface area contributed by atoms with Crippen LogP contribution >= 0.6 is 0 Å². The summed E-state index contributed by atoms with van der Waals surface area (Å²) in [4.78, 5) is 11.9. The van der Waals surface area contributed by atoms with Gasteiger partial charge in [-0.2, -0.15) is 0 Å². The van der Waals surface area contributed by atoms with E-state index in [1.165, 1.54) is 0 Å². The van der Waals surface area contributed by atoms with Gasteiger partial charge in [0.05, 0.1) is 4.92 Å². The summed E-state index contributed by atoms with van der Waals surface area (Å²) in [5, 5.41) is 14.2. The number of piperazine rings is 1. The molecule has 0 aromatic heterocycles. The van der Waals surface area contributed by atoms with Crippen LogP contribution in [0.2, 0.25) is 0 Å². The molecule has 1 saturated heterocycles. The van der Waals surface area contributed by atoms with E-state index < -0.39 is 22.2 Å². The van der Waals surface area contributed by atoms with Gasteiger partial charge in [0, 0.05) is 31.2 Å². The summed E-state index contributed by atoms with van der Waals surface area (Å²) < 4.78 is 27.3. The molecule has 0 saturated carbocycles. The zero-order valence-electron chi connectivity index (χ0n) is 10.7. The van der Waals surface area contributed by atoms with Gasteiger partial charge in [-0.25, -0.2) is 8.78 Å². The Kier molecular flexibility index (Phi) is 3.66. The van der Waals surface area contributed by atoms with Crippen LogP contribution in [0, 0.1) is 21.7 Å². The molecule has 1 fully saturated rings. The number of hydrogen-bond donors (Lipinski definition) is 1. The molecule has 1 aromatic rings. The molecule has 5 nitrogen and oxygen atoms in total. The van der Waals surface area contributed by atoms with Gasteiger partial charge in [0.15, 0.2) is 17.3 Å². The monoisotopic (exact) mass is 271 g/mol. The highest BCUT2D eigenvalue weighted by Crippen LogP contribution is 2.34. The van der Waals surface area contributed by atoms with Crippen molar-refractivity contribution in [2.75, 3.05) is 18.0 Å². The Morgan fingerprint density at radius 3 is 2.74 bits per heavy atom. The smallest absolute Gasteiger partial charge is 0.295 e. The Balaban J connectivity index is 2.52. The summed E-state index contributed by atoms with van der Waals surface area (Å²) >= 11 is 0. The molecule has 2 unspecified atom stereocenters. The first-order valence-corrected chi connectivity index (χ1v) is 6.04. The van der Waals surface area contributed by atoms with Crippen LogP contribution in [0.5, 0.6) is 0 Å². The zero-order valence-corrected chi connectivity index (χ0v) is 10.7. The average Bonchev–Trinajstić information content (AvgIpc) is 2.35. The van der Waals surface area contributed by atoms with Crippen molar-refractivity contribution in [1.29, 1.82) is 0 Å². The van der Waals surface area contributed by atoms with Crippen molar-refractivity contribution < 1.29 is 13.7 Å². The molecule has 2 atom stereocenters. The van der Waals surface area contributed by atoms with Crippen LogP contribution in [0.3, 0.4) is 0 Å². The molecule has 0 amide bonds. The Morgan fingerprint density at radius 1 is 1.42 bits per heavy atom. The van der Waals surface area contributed by atoms with E-state index in [0.717, 1.165) is 12.1 Å². The summed E-state index contributed by atoms with van der Waals surface area (Å²) in [6.45, 7) is 4.66. The lowest BCUT2D eigenvalue weighted by atomic mass is 10.1. The molecule has 104 valence electrons. The number of nitrogens with one attached hydrogen (secondary N) is 1. The third-order valence-electron chi connectivity index (χ3n) is 3.30. The third-order valence-corrected chi connectivity index (χ3v) is 3.30. The number of nitro groups is 1.